The third kappa shape index (κ3) is 2.46. The molecule has 104 valence electrons. The summed E-state index contributed by atoms with van der Waals surface area (Å²) >= 11 is 3.27. The van der Waals surface area contributed by atoms with Crippen LogP contribution >= 0.6 is 22.7 Å². The van der Waals surface area contributed by atoms with E-state index in [2.05, 4.69) is 40.2 Å². The van der Waals surface area contributed by atoms with Gasteiger partial charge in [-0.2, -0.15) is 4.98 Å². The van der Waals surface area contributed by atoms with Crippen LogP contribution in [0.15, 0.2) is 11.4 Å². The average molecular weight is 305 g/mol. The Hall–Kier alpha value is -1.73. The summed E-state index contributed by atoms with van der Waals surface area (Å²) in [6, 6.07) is 2.17. The van der Waals surface area contributed by atoms with Gasteiger partial charge in [-0.1, -0.05) is 0 Å². The van der Waals surface area contributed by atoms with Gasteiger partial charge in [0.25, 0.3) is 0 Å². The number of thiazole rings is 1. The van der Waals surface area contributed by atoms with E-state index in [1.807, 2.05) is 12.3 Å². The molecule has 7 heteroatoms. The van der Waals surface area contributed by atoms with Crippen molar-refractivity contribution in [3.8, 4) is 0 Å². The molecule has 0 fully saturated rings. The largest absolute Gasteiger partial charge is 0.368 e. The van der Waals surface area contributed by atoms with Crippen molar-refractivity contribution in [2.24, 2.45) is 0 Å². The lowest BCUT2D eigenvalue weighted by Crippen LogP contribution is -2.09. The molecule has 3 aromatic heterocycles. The molecule has 0 bridgehead atoms. The first-order valence-corrected chi connectivity index (χ1v) is 7.95. The molecule has 0 radical (unpaired) electrons. The lowest BCUT2D eigenvalue weighted by molar-refractivity contribution is 0.857. The van der Waals surface area contributed by atoms with E-state index in [9.17, 15) is 0 Å². The standard InChI is InChI=1S/C13H15N5S2/c1-6-5-19-11(15-6)8(3)16-10-9-4-7(2)20-12(9)18-13(14)17-10/h4-5,8H,1-3H3,(H3,14,16,17,18). The summed E-state index contributed by atoms with van der Waals surface area (Å²) in [5, 5.41) is 7.50. The molecule has 5 nitrogen and oxygen atoms in total. The van der Waals surface area contributed by atoms with Crippen LogP contribution in [0.25, 0.3) is 10.2 Å². The molecule has 0 aliphatic rings. The number of thiophene rings is 1. The van der Waals surface area contributed by atoms with Crippen molar-refractivity contribution in [1.82, 2.24) is 15.0 Å². The van der Waals surface area contributed by atoms with Crippen molar-refractivity contribution in [3.63, 3.8) is 0 Å². The van der Waals surface area contributed by atoms with E-state index in [4.69, 9.17) is 5.73 Å². The van der Waals surface area contributed by atoms with E-state index >= 15 is 0 Å². The Morgan fingerprint density at radius 1 is 1.25 bits per heavy atom. The summed E-state index contributed by atoms with van der Waals surface area (Å²) in [4.78, 5) is 15.2. The zero-order valence-electron chi connectivity index (χ0n) is 11.5. The van der Waals surface area contributed by atoms with E-state index in [-0.39, 0.29) is 6.04 Å². The normalized spacial score (nSPS) is 12.8. The molecule has 1 unspecified atom stereocenters. The van der Waals surface area contributed by atoms with Crippen LogP contribution in [0.2, 0.25) is 0 Å². The van der Waals surface area contributed by atoms with Crippen molar-refractivity contribution in [2.45, 2.75) is 26.8 Å². The van der Waals surface area contributed by atoms with Gasteiger partial charge in [-0.05, 0) is 26.8 Å². The number of nitrogen functional groups attached to an aromatic ring is 1. The SMILES string of the molecule is Cc1csc(C(C)Nc2nc(N)nc3sc(C)cc23)n1. The van der Waals surface area contributed by atoms with Crippen molar-refractivity contribution in [1.29, 1.82) is 0 Å². The average Bonchev–Trinajstić information content (AvgIpc) is 2.94. The van der Waals surface area contributed by atoms with Gasteiger partial charge in [0.05, 0.1) is 11.4 Å². The van der Waals surface area contributed by atoms with Gasteiger partial charge in [0.15, 0.2) is 0 Å². The molecule has 3 rings (SSSR count). The maximum atomic E-state index is 5.78. The number of nitrogens with zero attached hydrogens (tertiary/aromatic N) is 3. The summed E-state index contributed by atoms with van der Waals surface area (Å²) in [7, 11) is 0. The first-order valence-electron chi connectivity index (χ1n) is 6.25. The van der Waals surface area contributed by atoms with Gasteiger partial charge in [0.1, 0.15) is 15.7 Å². The molecule has 0 amide bonds. The second-order valence-electron chi connectivity index (χ2n) is 4.70. The third-order valence-corrected chi connectivity index (χ3v) is 4.98. The van der Waals surface area contributed by atoms with Crippen molar-refractivity contribution in [3.05, 3.63) is 27.0 Å². The quantitative estimate of drug-likeness (QED) is 0.774. The Bertz CT molecular complexity index is 761. The van der Waals surface area contributed by atoms with Crippen molar-refractivity contribution >= 4 is 44.7 Å². The molecule has 0 aliphatic heterocycles. The van der Waals surface area contributed by atoms with Crippen LogP contribution in [0, 0.1) is 13.8 Å². The van der Waals surface area contributed by atoms with Gasteiger partial charge < -0.3 is 11.1 Å². The topological polar surface area (TPSA) is 76.7 Å². The second kappa shape index (κ2) is 4.99. The highest BCUT2D eigenvalue weighted by Gasteiger charge is 2.14. The number of nitrogens with one attached hydrogen (secondary N) is 1. The second-order valence-corrected chi connectivity index (χ2v) is 6.82. The molecule has 0 saturated heterocycles. The number of fused-ring (bicyclic) bond motifs is 1. The number of hydrogen-bond acceptors (Lipinski definition) is 7. The summed E-state index contributed by atoms with van der Waals surface area (Å²) in [5.41, 5.74) is 6.82. The minimum atomic E-state index is 0.0893. The summed E-state index contributed by atoms with van der Waals surface area (Å²) in [5.74, 6) is 1.07. The molecule has 0 aromatic carbocycles. The first kappa shape index (κ1) is 13.3. The van der Waals surface area contributed by atoms with E-state index < -0.39 is 0 Å². The van der Waals surface area contributed by atoms with Gasteiger partial charge in [0.2, 0.25) is 5.95 Å². The van der Waals surface area contributed by atoms with Crippen LogP contribution in [0.3, 0.4) is 0 Å². The highest BCUT2D eigenvalue weighted by atomic mass is 32.1. The lowest BCUT2D eigenvalue weighted by atomic mass is 10.3. The third-order valence-electron chi connectivity index (χ3n) is 2.89. The molecule has 0 spiro atoms. The van der Waals surface area contributed by atoms with Crippen LogP contribution in [-0.2, 0) is 0 Å². The van der Waals surface area contributed by atoms with Gasteiger partial charge in [0, 0.05) is 16.0 Å². The fraction of sp³-hybridized carbons (Fsp3) is 0.308. The number of aromatic nitrogens is 3. The number of rotatable bonds is 3. The predicted molar refractivity (Wildman–Crippen MR) is 85.5 cm³/mol. The van der Waals surface area contributed by atoms with Gasteiger partial charge in [-0.3, -0.25) is 0 Å². The number of hydrogen-bond donors (Lipinski definition) is 2. The zero-order chi connectivity index (χ0) is 14.3. The molecular weight excluding hydrogens is 290 g/mol. The summed E-state index contributed by atoms with van der Waals surface area (Å²) in [6.45, 7) is 6.12. The van der Waals surface area contributed by atoms with E-state index in [1.165, 1.54) is 4.88 Å². The first-order chi connectivity index (χ1) is 9.52. The zero-order valence-corrected chi connectivity index (χ0v) is 13.1. The van der Waals surface area contributed by atoms with Crippen LogP contribution in [0.1, 0.15) is 28.5 Å². The molecule has 3 heterocycles. The Balaban J connectivity index is 1.97. The summed E-state index contributed by atoms with van der Waals surface area (Å²) < 4.78 is 0. The van der Waals surface area contributed by atoms with E-state index in [1.54, 1.807) is 22.7 Å². The Kier molecular flexibility index (Phi) is 3.31. The molecule has 1 atom stereocenters. The van der Waals surface area contributed by atoms with Crippen molar-refractivity contribution < 1.29 is 0 Å². The van der Waals surface area contributed by atoms with Crippen LogP contribution in [0.4, 0.5) is 11.8 Å². The fourth-order valence-corrected chi connectivity index (χ4v) is 3.70. The van der Waals surface area contributed by atoms with Crippen LogP contribution in [-0.4, -0.2) is 15.0 Å². The van der Waals surface area contributed by atoms with Gasteiger partial charge in [-0.25, -0.2) is 9.97 Å². The Labute approximate surface area is 124 Å². The van der Waals surface area contributed by atoms with E-state index in [0.29, 0.717) is 5.95 Å². The molecular formula is C13H15N5S2. The predicted octanol–water partition coefficient (Wildman–Crippen LogP) is 3.52. The maximum Gasteiger partial charge on any atom is 0.223 e. The highest BCUT2D eigenvalue weighted by Crippen LogP contribution is 2.31. The van der Waals surface area contributed by atoms with Crippen molar-refractivity contribution in [2.75, 3.05) is 11.1 Å². The Morgan fingerprint density at radius 2 is 2.05 bits per heavy atom. The smallest absolute Gasteiger partial charge is 0.223 e. The lowest BCUT2D eigenvalue weighted by Gasteiger charge is -2.12. The maximum absolute atomic E-state index is 5.78. The molecule has 3 N–H and O–H groups in total. The van der Waals surface area contributed by atoms with Crippen LogP contribution < -0.4 is 11.1 Å². The molecule has 20 heavy (non-hydrogen) atoms. The minimum Gasteiger partial charge on any atom is -0.368 e. The molecule has 0 aliphatic carbocycles. The fourth-order valence-electron chi connectivity index (χ4n) is 2.01. The van der Waals surface area contributed by atoms with Gasteiger partial charge >= 0.3 is 0 Å². The minimum absolute atomic E-state index is 0.0893. The van der Waals surface area contributed by atoms with E-state index in [0.717, 1.165) is 26.7 Å². The van der Waals surface area contributed by atoms with Gasteiger partial charge in [-0.15, -0.1) is 22.7 Å². The molecule has 3 aromatic rings. The summed E-state index contributed by atoms with van der Waals surface area (Å²) in [6.07, 6.45) is 0. The van der Waals surface area contributed by atoms with Crippen LogP contribution in [0.5, 0.6) is 0 Å². The molecule has 0 saturated carbocycles. The number of anilines is 2. The highest BCUT2D eigenvalue weighted by molar-refractivity contribution is 7.18. The number of nitrogens with two attached hydrogens (primary N) is 1. The Morgan fingerprint density at radius 3 is 2.75 bits per heavy atom. The number of aryl methyl sites for hydroxylation is 2. The monoisotopic (exact) mass is 305 g/mol.